The number of nitrogens with one attached hydrogen (secondary N) is 1. The zero-order chi connectivity index (χ0) is 24.6. The number of hydrogen-bond donors (Lipinski definition) is 3. The Balaban J connectivity index is 1.26. The van der Waals surface area contributed by atoms with E-state index < -0.39 is 17.1 Å². The lowest BCUT2D eigenvalue weighted by Gasteiger charge is -2.59. The Morgan fingerprint density at radius 2 is 2.09 bits per heavy atom. The molecule has 3 fully saturated rings. The van der Waals surface area contributed by atoms with Crippen molar-refractivity contribution in [1.82, 2.24) is 19.9 Å². The standard InChI is InChI=1S/C26H30N4O4S/c1-24-7-5-15(31)9-14(24)3-4-16-17-6-8-26(34,25(17,2)10-18(32)20(16)24)19(33)11-35-23-21-22(28-12-27-21)29-13-30-23/h5,7,9,12-13,16-18,20,32,34H,3-4,6,8,10-11H2,1-2H3,(H,27,28,29,30)/t16-,17-,18+,20+,24-,25-,26-/m0/s1. The molecule has 8 nitrogen and oxygen atoms in total. The van der Waals surface area contributed by atoms with Gasteiger partial charge in [0.05, 0.1) is 18.2 Å². The molecule has 6 rings (SSSR count). The number of aliphatic hydroxyl groups excluding tert-OH is 1. The van der Waals surface area contributed by atoms with Crippen molar-refractivity contribution in [2.45, 2.75) is 62.7 Å². The SMILES string of the molecule is C[C@]12C=CC(=O)C=C1CC[C@@H]1[C@@H]2[C@H](O)C[C@@]2(C)[C@H]1CC[C@]2(O)C(=O)CSc1ncnc2nc[nH]c12. The van der Waals surface area contributed by atoms with Crippen LogP contribution < -0.4 is 0 Å². The first-order valence-corrected chi connectivity index (χ1v) is 13.3. The fourth-order valence-corrected chi connectivity index (χ4v) is 8.82. The van der Waals surface area contributed by atoms with Crippen LogP contribution in [0.5, 0.6) is 0 Å². The van der Waals surface area contributed by atoms with Gasteiger partial charge in [0.2, 0.25) is 0 Å². The van der Waals surface area contributed by atoms with E-state index in [1.165, 1.54) is 18.1 Å². The van der Waals surface area contributed by atoms with Crippen LogP contribution in [0.3, 0.4) is 0 Å². The number of rotatable bonds is 4. The molecule has 0 unspecified atom stereocenters. The summed E-state index contributed by atoms with van der Waals surface area (Å²) >= 11 is 1.28. The number of hydrogen-bond acceptors (Lipinski definition) is 8. The highest BCUT2D eigenvalue weighted by Gasteiger charge is 2.67. The number of carbonyl (C=O) groups excluding carboxylic acids is 2. The zero-order valence-electron chi connectivity index (χ0n) is 19.9. The van der Waals surface area contributed by atoms with Crippen LogP contribution >= 0.6 is 11.8 Å². The van der Waals surface area contributed by atoms with Gasteiger partial charge in [0.1, 0.15) is 22.5 Å². The lowest BCUT2D eigenvalue weighted by atomic mass is 9.46. The summed E-state index contributed by atoms with van der Waals surface area (Å²) in [5, 5.41) is 24.0. The summed E-state index contributed by atoms with van der Waals surface area (Å²) in [5.74, 6) is 0.188. The van der Waals surface area contributed by atoms with Crippen LogP contribution in [0.25, 0.3) is 11.2 Å². The number of aromatic amines is 1. The molecule has 2 heterocycles. The number of Topliss-reactive ketones (excluding diaryl/α,β-unsaturated/α-hetero) is 1. The first-order valence-electron chi connectivity index (χ1n) is 12.3. The van der Waals surface area contributed by atoms with Crippen molar-refractivity contribution in [2.24, 2.45) is 28.6 Å². The van der Waals surface area contributed by atoms with E-state index >= 15 is 0 Å². The third kappa shape index (κ3) is 3.17. The van der Waals surface area contributed by atoms with E-state index in [1.807, 2.05) is 13.0 Å². The molecule has 35 heavy (non-hydrogen) atoms. The van der Waals surface area contributed by atoms with Crippen molar-refractivity contribution in [3.8, 4) is 0 Å². The molecule has 2 aromatic heterocycles. The van der Waals surface area contributed by atoms with Crippen LogP contribution in [0.4, 0.5) is 0 Å². The zero-order valence-corrected chi connectivity index (χ0v) is 20.7. The van der Waals surface area contributed by atoms with Crippen molar-refractivity contribution in [1.29, 1.82) is 0 Å². The Morgan fingerprint density at radius 1 is 1.26 bits per heavy atom. The number of H-pyrrole nitrogens is 1. The number of aromatic nitrogens is 4. The molecule has 9 heteroatoms. The van der Waals surface area contributed by atoms with Gasteiger partial charge in [-0.25, -0.2) is 15.0 Å². The number of aliphatic hydroxyl groups is 2. The number of imidazole rings is 1. The Hall–Kier alpha value is -2.36. The minimum absolute atomic E-state index is 0.0143. The van der Waals surface area contributed by atoms with Crippen LogP contribution in [-0.4, -0.2) is 59.2 Å². The highest BCUT2D eigenvalue weighted by molar-refractivity contribution is 8.00. The molecule has 0 aliphatic heterocycles. The van der Waals surface area contributed by atoms with Crippen LogP contribution in [-0.2, 0) is 9.59 Å². The highest BCUT2D eigenvalue weighted by atomic mass is 32.2. The third-order valence-electron chi connectivity index (χ3n) is 9.64. The largest absolute Gasteiger partial charge is 0.393 e. The molecule has 3 N–H and O–H groups in total. The quantitative estimate of drug-likeness (QED) is 0.437. The fraction of sp³-hybridized carbons (Fsp3) is 0.577. The number of allylic oxidation sites excluding steroid dienone is 4. The number of carbonyl (C=O) groups is 2. The summed E-state index contributed by atoms with van der Waals surface area (Å²) in [6.45, 7) is 4.13. The van der Waals surface area contributed by atoms with E-state index in [9.17, 15) is 19.8 Å². The molecule has 2 aromatic rings. The van der Waals surface area contributed by atoms with Crippen LogP contribution in [0, 0.1) is 28.6 Å². The number of nitrogens with zero attached hydrogens (tertiary/aromatic N) is 3. The van der Waals surface area contributed by atoms with Crippen molar-refractivity contribution < 1.29 is 19.8 Å². The summed E-state index contributed by atoms with van der Waals surface area (Å²) in [6, 6.07) is 0. The topological polar surface area (TPSA) is 129 Å². The molecule has 0 aromatic carbocycles. The van der Waals surface area contributed by atoms with Gasteiger partial charge in [0, 0.05) is 16.7 Å². The molecule has 4 aliphatic rings. The lowest BCUT2D eigenvalue weighted by Crippen LogP contribution is -2.61. The van der Waals surface area contributed by atoms with Crippen LogP contribution in [0.2, 0.25) is 0 Å². The fourth-order valence-electron chi connectivity index (χ4n) is 7.89. The first-order chi connectivity index (χ1) is 16.7. The second-order valence-corrected chi connectivity index (χ2v) is 12.1. The van der Waals surface area contributed by atoms with Gasteiger partial charge >= 0.3 is 0 Å². The average Bonchev–Trinajstić information content (AvgIpc) is 3.41. The van der Waals surface area contributed by atoms with Gasteiger partial charge in [-0.15, -0.1) is 0 Å². The molecular formula is C26H30N4O4S. The van der Waals surface area contributed by atoms with E-state index in [1.54, 1.807) is 18.5 Å². The molecule has 184 valence electrons. The molecule has 7 atom stereocenters. The number of thioether (sulfide) groups is 1. The number of fused-ring (bicyclic) bond motifs is 6. The maximum Gasteiger partial charge on any atom is 0.181 e. The normalized spacial score (nSPS) is 40.2. The molecule has 4 aliphatic carbocycles. The summed E-state index contributed by atoms with van der Waals surface area (Å²) < 4.78 is 0. The van der Waals surface area contributed by atoms with Crippen molar-refractivity contribution >= 4 is 34.5 Å². The van der Waals surface area contributed by atoms with Gasteiger partial charge in [0.15, 0.2) is 17.2 Å². The predicted molar refractivity (Wildman–Crippen MR) is 130 cm³/mol. The maximum absolute atomic E-state index is 13.6. The van der Waals surface area contributed by atoms with E-state index in [2.05, 4.69) is 26.9 Å². The second-order valence-electron chi connectivity index (χ2n) is 11.1. The predicted octanol–water partition coefficient (Wildman–Crippen LogP) is 3.02. The van der Waals surface area contributed by atoms with Gasteiger partial charge < -0.3 is 15.2 Å². The van der Waals surface area contributed by atoms with E-state index in [0.29, 0.717) is 29.0 Å². The molecule has 0 saturated heterocycles. The lowest BCUT2D eigenvalue weighted by molar-refractivity contribution is -0.174. The highest BCUT2D eigenvalue weighted by Crippen LogP contribution is 2.67. The van der Waals surface area contributed by atoms with Gasteiger partial charge in [-0.2, -0.15) is 0 Å². The van der Waals surface area contributed by atoms with Gasteiger partial charge in [-0.3, -0.25) is 9.59 Å². The van der Waals surface area contributed by atoms with Gasteiger partial charge in [-0.05, 0) is 56.1 Å². The summed E-state index contributed by atoms with van der Waals surface area (Å²) in [7, 11) is 0. The minimum Gasteiger partial charge on any atom is -0.393 e. The van der Waals surface area contributed by atoms with Gasteiger partial charge in [0.25, 0.3) is 0 Å². The molecular weight excluding hydrogens is 464 g/mol. The molecule has 0 spiro atoms. The molecule has 0 bridgehead atoms. The Morgan fingerprint density at radius 3 is 2.91 bits per heavy atom. The first kappa shape index (κ1) is 23.1. The minimum atomic E-state index is -1.49. The summed E-state index contributed by atoms with van der Waals surface area (Å²) in [5.41, 5.74) is -0.231. The number of ketones is 2. The molecule has 0 amide bonds. The summed E-state index contributed by atoms with van der Waals surface area (Å²) in [6.07, 6.45) is 10.9. The van der Waals surface area contributed by atoms with E-state index in [0.717, 1.165) is 24.8 Å². The van der Waals surface area contributed by atoms with Crippen LogP contribution in [0.1, 0.15) is 46.0 Å². The smallest absolute Gasteiger partial charge is 0.181 e. The van der Waals surface area contributed by atoms with Gasteiger partial charge in [-0.1, -0.05) is 37.3 Å². The van der Waals surface area contributed by atoms with Crippen molar-refractivity contribution in [2.75, 3.05) is 5.75 Å². The van der Waals surface area contributed by atoms with Crippen LogP contribution in [0.15, 0.2) is 41.5 Å². The Kier molecular flexibility index (Phi) is 5.15. The molecule has 0 radical (unpaired) electrons. The maximum atomic E-state index is 13.6. The molecule has 3 saturated carbocycles. The van der Waals surface area contributed by atoms with Crippen molar-refractivity contribution in [3.05, 3.63) is 36.5 Å². The average molecular weight is 495 g/mol. The Labute approximate surface area is 207 Å². The van der Waals surface area contributed by atoms with Crippen molar-refractivity contribution in [3.63, 3.8) is 0 Å². The van der Waals surface area contributed by atoms with E-state index in [4.69, 9.17) is 0 Å². The second kappa shape index (κ2) is 7.82. The monoisotopic (exact) mass is 494 g/mol. The summed E-state index contributed by atoms with van der Waals surface area (Å²) in [4.78, 5) is 41.1. The Bertz CT molecular complexity index is 1290. The third-order valence-corrected chi connectivity index (χ3v) is 10.6. The van der Waals surface area contributed by atoms with E-state index in [-0.39, 0.29) is 40.5 Å².